The van der Waals surface area contributed by atoms with Crippen molar-refractivity contribution in [1.82, 2.24) is 10.3 Å². The Hall–Kier alpha value is -1.79. The van der Waals surface area contributed by atoms with Crippen molar-refractivity contribution in [2.24, 2.45) is 5.92 Å². The van der Waals surface area contributed by atoms with Gasteiger partial charge in [0.15, 0.2) is 17.4 Å². The van der Waals surface area contributed by atoms with Crippen molar-refractivity contribution >= 4 is 11.6 Å². The molecule has 0 aliphatic carbocycles. The van der Waals surface area contributed by atoms with Crippen LogP contribution in [0.5, 0.6) is 5.75 Å². The Balaban J connectivity index is 1.96. The summed E-state index contributed by atoms with van der Waals surface area (Å²) in [4.78, 5) is 3.79. The molecule has 3 rings (SSSR count). The molecule has 1 aliphatic rings. The second kappa shape index (κ2) is 6.76. The van der Waals surface area contributed by atoms with Gasteiger partial charge in [-0.2, -0.15) is 0 Å². The van der Waals surface area contributed by atoms with E-state index in [9.17, 15) is 13.2 Å². The van der Waals surface area contributed by atoms with E-state index >= 15 is 0 Å². The molecule has 7 heteroatoms. The molecule has 0 unspecified atom stereocenters. The molecule has 23 heavy (non-hydrogen) atoms. The summed E-state index contributed by atoms with van der Waals surface area (Å²) in [6.45, 7) is 1.37. The Kier molecular flexibility index (Phi) is 4.73. The first-order valence-electron chi connectivity index (χ1n) is 7.17. The summed E-state index contributed by atoms with van der Waals surface area (Å²) in [5.74, 6) is -2.88. The van der Waals surface area contributed by atoms with E-state index in [0.717, 1.165) is 31.3 Å². The molecule has 0 amide bonds. The molecule has 1 fully saturated rings. The van der Waals surface area contributed by atoms with E-state index in [1.165, 1.54) is 12.3 Å². The molecular weight excluding hydrogens is 329 g/mol. The number of rotatable bonds is 4. The highest BCUT2D eigenvalue weighted by molar-refractivity contribution is 6.30. The Morgan fingerprint density at radius 3 is 2.52 bits per heavy atom. The van der Waals surface area contributed by atoms with Crippen molar-refractivity contribution in [2.75, 3.05) is 13.1 Å². The number of hydrogen-bond acceptors (Lipinski definition) is 3. The van der Waals surface area contributed by atoms with Crippen molar-refractivity contribution in [3.63, 3.8) is 0 Å². The highest BCUT2D eigenvalue weighted by Gasteiger charge is 2.30. The van der Waals surface area contributed by atoms with Gasteiger partial charge in [-0.1, -0.05) is 11.6 Å². The molecule has 2 heterocycles. The van der Waals surface area contributed by atoms with Crippen LogP contribution < -0.4 is 10.1 Å². The van der Waals surface area contributed by atoms with Gasteiger partial charge in [0, 0.05) is 29.2 Å². The third kappa shape index (κ3) is 3.59. The van der Waals surface area contributed by atoms with Crippen LogP contribution in [0.15, 0.2) is 30.6 Å². The predicted octanol–water partition coefficient (Wildman–Crippen LogP) is 3.88. The lowest BCUT2D eigenvalue weighted by Gasteiger charge is -2.25. The Labute approximate surface area is 136 Å². The van der Waals surface area contributed by atoms with Crippen LogP contribution in [0, 0.1) is 23.4 Å². The lowest BCUT2D eigenvalue weighted by atomic mass is 9.95. The first-order chi connectivity index (χ1) is 11.0. The van der Waals surface area contributed by atoms with Crippen molar-refractivity contribution in [3.8, 4) is 5.75 Å². The third-order valence-electron chi connectivity index (χ3n) is 3.79. The predicted molar refractivity (Wildman–Crippen MR) is 79.9 cm³/mol. The number of nitrogens with zero attached hydrogens (tertiary/aromatic N) is 1. The van der Waals surface area contributed by atoms with Gasteiger partial charge in [-0.05, 0) is 31.2 Å². The molecule has 2 atom stereocenters. The minimum absolute atomic E-state index is 0.0481. The van der Waals surface area contributed by atoms with Crippen LogP contribution in [0.2, 0.25) is 5.02 Å². The summed E-state index contributed by atoms with van der Waals surface area (Å²) in [5, 5.41) is 3.10. The van der Waals surface area contributed by atoms with E-state index in [0.29, 0.717) is 12.1 Å². The number of nitrogens with one attached hydrogen (secondary N) is 1. The molecule has 0 saturated carbocycles. The average molecular weight is 343 g/mol. The molecular formula is C16H14ClF3N2O. The summed E-state index contributed by atoms with van der Waals surface area (Å²) in [6, 6.07) is 3.23. The van der Waals surface area contributed by atoms with Gasteiger partial charge in [-0.3, -0.25) is 4.98 Å². The van der Waals surface area contributed by atoms with Crippen LogP contribution in [-0.2, 0) is 0 Å². The van der Waals surface area contributed by atoms with Crippen molar-refractivity contribution < 1.29 is 17.9 Å². The number of halogens is 4. The Morgan fingerprint density at radius 1 is 1.17 bits per heavy atom. The third-order valence-corrected chi connectivity index (χ3v) is 4.01. The van der Waals surface area contributed by atoms with E-state index in [-0.39, 0.29) is 10.9 Å². The Bertz CT molecular complexity index is 684. The molecule has 0 bridgehead atoms. The monoisotopic (exact) mass is 342 g/mol. The topological polar surface area (TPSA) is 34.1 Å². The number of benzene rings is 1. The molecule has 3 nitrogen and oxygen atoms in total. The summed E-state index contributed by atoms with van der Waals surface area (Å²) in [5.41, 5.74) is 0.437. The fraction of sp³-hybridized carbons (Fsp3) is 0.312. The quantitative estimate of drug-likeness (QED) is 0.915. The maximum atomic E-state index is 14.0. The number of ether oxygens (including phenoxy) is 1. The van der Waals surface area contributed by atoms with Gasteiger partial charge in [0.1, 0.15) is 11.9 Å². The zero-order valence-corrected chi connectivity index (χ0v) is 12.8. The highest BCUT2D eigenvalue weighted by atomic mass is 35.5. The fourth-order valence-electron chi connectivity index (χ4n) is 2.72. The Morgan fingerprint density at radius 2 is 1.91 bits per heavy atom. The molecule has 122 valence electrons. The van der Waals surface area contributed by atoms with Crippen molar-refractivity contribution in [2.45, 2.75) is 12.5 Å². The zero-order chi connectivity index (χ0) is 16.4. The lowest BCUT2D eigenvalue weighted by molar-refractivity contribution is 0.131. The second-order valence-electron chi connectivity index (χ2n) is 5.43. The smallest absolute Gasteiger partial charge is 0.191 e. The largest absolute Gasteiger partial charge is 0.479 e. The highest BCUT2D eigenvalue weighted by Crippen LogP contribution is 2.35. The molecule has 1 aliphatic heterocycles. The number of aromatic nitrogens is 1. The van der Waals surface area contributed by atoms with Crippen LogP contribution in [0.1, 0.15) is 18.1 Å². The summed E-state index contributed by atoms with van der Waals surface area (Å²) < 4.78 is 47.1. The normalized spacial score (nSPS) is 18.9. The second-order valence-corrected chi connectivity index (χ2v) is 5.86. The SMILES string of the molecule is Fc1cncc([C@@H](Oc2c(F)cc(Cl)cc2F)[C@@H]2CCNC2)c1. The molecule has 1 aromatic heterocycles. The number of pyridine rings is 1. The molecule has 1 aromatic carbocycles. The zero-order valence-electron chi connectivity index (χ0n) is 12.0. The summed E-state index contributed by atoms with van der Waals surface area (Å²) in [6.07, 6.45) is 2.55. The minimum atomic E-state index is -0.893. The minimum Gasteiger partial charge on any atom is -0.479 e. The average Bonchev–Trinajstić information content (AvgIpc) is 3.00. The first kappa shape index (κ1) is 16.1. The van der Waals surface area contributed by atoms with Gasteiger partial charge in [0.25, 0.3) is 0 Å². The fourth-order valence-corrected chi connectivity index (χ4v) is 2.92. The van der Waals surface area contributed by atoms with Crippen LogP contribution in [-0.4, -0.2) is 18.1 Å². The van der Waals surface area contributed by atoms with E-state index in [2.05, 4.69) is 10.3 Å². The molecule has 1 saturated heterocycles. The van der Waals surface area contributed by atoms with Crippen LogP contribution in [0.4, 0.5) is 13.2 Å². The molecule has 0 spiro atoms. The van der Waals surface area contributed by atoms with Crippen LogP contribution >= 0.6 is 11.6 Å². The standard InChI is InChI=1S/C16H14ClF3N2O/c17-11-4-13(19)16(14(20)5-11)23-15(9-1-2-21-6-9)10-3-12(18)8-22-7-10/h3-5,7-9,15,21H,1-2,6H2/t9-,15+/m1/s1. The molecule has 2 aromatic rings. The van der Waals surface area contributed by atoms with Gasteiger partial charge < -0.3 is 10.1 Å². The summed E-state index contributed by atoms with van der Waals surface area (Å²) >= 11 is 5.62. The van der Waals surface area contributed by atoms with E-state index < -0.39 is 29.3 Å². The van der Waals surface area contributed by atoms with Crippen molar-refractivity contribution in [1.29, 1.82) is 0 Å². The van der Waals surface area contributed by atoms with Gasteiger partial charge in [0.2, 0.25) is 0 Å². The summed E-state index contributed by atoms with van der Waals surface area (Å²) in [7, 11) is 0. The van der Waals surface area contributed by atoms with Gasteiger partial charge in [-0.25, -0.2) is 13.2 Å². The van der Waals surface area contributed by atoms with E-state index in [1.54, 1.807) is 0 Å². The van der Waals surface area contributed by atoms with Gasteiger partial charge in [0.05, 0.1) is 6.20 Å². The molecule has 0 radical (unpaired) electrons. The lowest BCUT2D eigenvalue weighted by Crippen LogP contribution is -2.22. The van der Waals surface area contributed by atoms with E-state index in [4.69, 9.17) is 16.3 Å². The van der Waals surface area contributed by atoms with E-state index in [1.807, 2.05) is 0 Å². The maximum Gasteiger partial charge on any atom is 0.191 e. The van der Waals surface area contributed by atoms with Crippen molar-refractivity contribution in [3.05, 3.63) is 58.6 Å². The first-order valence-corrected chi connectivity index (χ1v) is 7.55. The van der Waals surface area contributed by atoms with Gasteiger partial charge in [-0.15, -0.1) is 0 Å². The van der Waals surface area contributed by atoms with Crippen LogP contribution in [0.3, 0.4) is 0 Å². The van der Waals surface area contributed by atoms with Gasteiger partial charge >= 0.3 is 0 Å². The maximum absolute atomic E-state index is 14.0. The number of hydrogen-bond donors (Lipinski definition) is 1. The molecule has 1 N–H and O–H groups in total. The van der Waals surface area contributed by atoms with Crippen LogP contribution in [0.25, 0.3) is 0 Å².